The van der Waals surface area contributed by atoms with E-state index in [2.05, 4.69) is 17.6 Å². The molecule has 1 heterocycles. The van der Waals surface area contributed by atoms with E-state index in [0.717, 1.165) is 31.1 Å². The molecule has 2 saturated carbocycles. The number of ketones is 1. The van der Waals surface area contributed by atoms with Crippen LogP contribution < -0.4 is 10.6 Å². The highest BCUT2D eigenvalue weighted by atomic mass is 19.4. The van der Waals surface area contributed by atoms with Gasteiger partial charge in [-0.15, -0.1) is 0 Å². The molecule has 1 aromatic rings. The first-order chi connectivity index (χ1) is 15.5. The third-order valence-corrected chi connectivity index (χ3v) is 9.34. The number of allylic oxidation sites excluding steroid dienone is 2. The van der Waals surface area contributed by atoms with Gasteiger partial charge in [-0.25, -0.2) is 0 Å². The highest BCUT2D eigenvalue weighted by molar-refractivity contribution is 6.01. The van der Waals surface area contributed by atoms with E-state index in [4.69, 9.17) is 0 Å². The van der Waals surface area contributed by atoms with Crippen LogP contribution in [-0.4, -0.2) is 18.2 Å². The summed E-state index contributed by atoms with van der Waals surface area (Å²) in [6.45, 7) is 5.23. The molecule has 1 aliphatic heterocycles. The summed E-state index contributed by atoms with van der Waals surface area (Å²) >= 11 is 0. The molecule has 1 aromatic carbocycles. The Morgan fingerprint density at radius 3 is 2.64 bits per heavy atom. The van der Waals surface area contributed by atoms with Crippen LogP contribution in [0.25, 0.3) is 0 Å². The first-order valence-electron chi connectivity index (χ1n) is 12.0. The fourth-order valence-corrected chi connectivity index (χ4v) is 7.64. The van der Waals surface area contributed by atoms with Crippen LogP contribution in [0.5, 0.6) is 0 Å². The lowest BCUT2D eigenvalue weighted by atomic mass is 9.48. The number of amides is 1. The second kappa shape index (κ2) is 7.60. The summed E-state index contributed by atoms with van der Waals surface area (Å²) < 4.78 is 40.5. The van der Waals surface area contributed by atoms with Crippen LogP contribution >= 0.6 is 0 Å². The zero-order valence-corrected chi connectivity index (χ0v) is 19.1. The topological polar surface area (TPSA) is 58.2 Å². The van der Waals surface area contributed by atoms with Gasteiger partial charge in [0.25, 0.3) is 0 Å². The lowest BCUT2D eigenvalue weighted by molar-refractivity contribution is -0.137. The smallest absolute Gasteiger partial charge is 0.387 e. The number of para-hydroxylation sites is 1. The van der Waals surface area contributed by atoms with E-state index in [9.17, 15) is 22.8 Å². The molecule has 1 saturated heterocycles. The number of rotatable bonds is 2. The Hall–Kier alpha value is -2.31. The predicted molar refractivity (Wildman–Crippen MR) is 119 cm³/mol. The van der Waals surface area contributed by atoms with Crippen molar-refractivity contribution in [1.29, 1.82) is 0 Å². The fraction of sp³-hybridized carbons (Fsp3) is 0.615. The monoisotopic (exact) mass is 460 g/mol. The van der Waals surface area contributed by atoms with Crippen molar-refractivity contribution in [2.45, 2.75) is 58.5 Å². The fourth-order valence-electron chi connectivity index (χ4n) is 7.64. The van der Waals surface area contributed by atoms with Gasteiger partial charge in [0, 0.05) is 30.2 Å². The number of benzene rings is 1. The minimum Gasteiger partial charge on any atom is -0.387 e. The summed E-state index contributed by atoms with van der Waals surface area (Å²) in [6.07, 6.45) is 2.79. The second-order valence-electron chi connectivity index (χ2n) is 10.9. The molecule has 3 aliphatic carbocycles. The van der Waals surface area contributed by atoms with Crippen molar-refractivity contribution in [3.8, 4) is 0 Å². The zero-order valence-electron chi connectivity index (χ0n) is 19.1. The minimum absolute atomic E-state index is 0.0207. The Balaban J connectivity index is 1.49. The van der Waals surface area contributed by atoms with Crippen LogP contribution in [0.1, 0.15) is 57.9 Å². The normalized spacial score (nSPS) is 37.8. The van der Waals surface area contributed by atoms with Gasteiger partial charge < -0.3 is 10.6 Å². The number of hydrogen-bond donors (Lipinski definition) is 2. The molecule has 5 rings (SSSR count). The molecule has 0 aromatic heterocycles. The summed E-state index contributed by atoms with van der Waals surface area (Å²) in [5, 5.41) is 6.03. The minimum atomic E-state index is -4.57. The van der Waals surface area contributed by atoms with Crippen molar-refractivity contribution in [2.75, 3.05) is 11.9 Å². The largest absolute Gasteiger partial charge is 0.418 e. The molecule has 0 bridgehead atoms. The molecule has 0 spiro atoms. The predicted octanol–water partition coefficient (Wildman–Crippen LogP) is 5.56. The van der Waals surface area contributed by atoms with Crippen molar-refractivity contribution in [3.63, 3.8) is 0 Å². The van der Waals surface area contributed by atoms with Gasteiger partial charge in [-0.2, -0.15) is 13.2 Å². The zero-order chi connectivity index (χ0) is 23.6. The van der Waals surface area contributed by atoms with Gasteiger partial charge in [0.1, 0.15) is 0 Å². The van der Waals surface area contributed by atoms with E-state index in [0.29, 0.717) is 17.3 Å². The maximum Gasteiger partial charge on any atom is 0.418 e. The Kier molecular flexibility index (Phi) is 5.18. The molecule has 33 heavy (non-hydrogen) atoms. The molecule has 1 unspecified atom stereocenters. The molecule has 0 radical (unpaired) electrons. The number of fused-ring (bicyclic) bond motifs is 5. The highest BCUT2D eigenvalue weighted by Gasteiger charge is 2.60. The second-order valence-corrected chi connectivity index (χ2v) is 10.9. The number of piperidine rings is 1. The van der Waals surface area contributed by atoms with Crippen LogP contribution in [0.3, 0.4) is 0 Å². The first-order valence-corrected chi connectivity index (χ1v) is 12.0. The highest BCUT2D eigenvalue weighted by Crippen LogP contribution is 2.63. The lowest BCUT2D eigenvalue weighted by Crippen LogP contribution is -2.60. The number of hydrogen-bond acceptors (Lipinski definition) is 3. The van der Waals surface area contributed by atoms with E-state index in [1.54, 1.807) is 6.08 Å². The van der Waals surface area contributed by atoms with E-state index in [1.165, 1.54) is 37.5 Å². The molecule has 1 amide bonds. The number of carbonyl (C=O) groups excluding carboxylic acids is 2. The van der Waals surface area contributed by atoms with E-state index in [1.807, 2.05) is 6.92 Å². The van der Waals surface area contributed by atoms with Gasteiger partial charge in [-0.1, -0.05) is 32.4 Å². The van der Waals surface area contributed by atoms with Crippen LogP contribution in [0.4, 0.5) is 18.9 Å². The van der Waals surface area contributed by atoms with Gasteiger partial charge in [-0.3, -0.25) is 9.59 Å². The molecule has 178 valence electrons. The van der Waals surface area contributed by atoms with Gasteiger partial charge >= 0.3 is 6.18 Å². The third-order valence-electron chi connectivity index (χ3n) is 9.34. The molecular weight excluding hydrogens is 429 g/mol. The number of nitrogens with one attached hydrogen (secondary N) is 2. The molecule has 6 atom stereocenters. The summed E-state index contributed by atoms with van der Waals surface area (Å²) in [6, 6.07) is 5.02. The van der Waals surface area contributed by atoms with E-state index < -0.39 is 29.0 Å². The Labute approximate surface area is 192 Å². The SMILES string of the molecule is C[C@@]12CCC[C@H]1[C@@H]1CNC3=CC(=O)CC(C(=O)Nc4ccccc4C(F)(F)F)[C@]3(C)[C@H]1CC2. The van der Waals surface area contributed by atoms with E-state index in [-0.39, 0.29) is 23.8 Å². The molecule has 2 N–H and O–H groups in total. The van der Waals surface area contributed by atoms with Crippen LogP contribution in [-0.2, 0) is 15.8 Å². The quantitative estimate of drug-likeness (QED) is 0.608. The molecular formula is C26H31F3N2O2. The Morgan fingerprint density at radius 2 is 1.88 bits per heavy atom. The van der Waals surface area contributed by atoms with Gasteiger partial charge in [-0.05, 0) is 61.0 Å². The molecule has 4 aliphatic rings. The average Bonchev–Trinajstić information content (AvgIpc) is 3.15. The Bertz CT molecular complexity index is 1020. The summed E-state index contributed by atoms with van der Waals surface area (Å²) in [7, 11) is 0. The lowest BCUT2D eigenvalue weighted by Gasteiger charge is -2.59. The van der Waals surface area contributed by atoms with Crippen molar-refractivity contribution < 1.29 is 22.8 Å². The van der Waals surface area contributed by atoms with Crippen molar-refractivity contribution in [3.05, 3.63) is 41.6 Å². The molecule has 7 heteroatoms. The maximum absolute atomic E-state index is 13.5. The summed E-state index contributed by atoms with van der Waals surface area (Å²) in [4.78, 5) is 26.1. The van der Waals surface area contributed by atoms with Crippen molar-refractivity contribution in [1.82, 2.24) is 5.32 Å². The third kappa shape index (κ3) is 3.50. The van der Waals surface area contributed by atoms with Crippen molar-refractivity contribution in [2.24, 2.45) is 34.5 Å². The maximum atomic E-state index is 13.5. The number of halogens is 3. The number of alkyl halides is 3. The van der Waals surface area contributed by atoms with Crippen LogP contribution in [0.15, 0.2) is 36.0 Å². The number of anilines is 1. The molecule has 4 nitrogen and oxygen atoms in total. The van der Waals surface area contributed by atoms with Gasteiger partial charge in [0.05, 0.1) is 17.2 Å². The number of carbonyl (C=O) groups is 2. The van der Waals surface area contributed by atoms with Crippen LogP contribution in [0, 0.1) is 34.5 Å². The summed E-state index contributed by atoms with van der Waals surface area (Å²) in [5.74, 6) is -0.163. The standard InChI is InChI=1S/C26H31F3N2O2/c1-24-10-5-7-17(24)16-14-30-22-13-15(32)12-20(25(22,2)18(16)9-11-24)23(33)31-21-8-4-3-6-19(21)26(27,28)29/h3-4,6,8,13,16-18,20,30H,5,7,9-12,14H2,1-2H3,(H,31,33)/t16-,17-,18-,20?,24-,25-/m0/s1. The Morgan fingerprint density at radius 1 is 1.12 bits per heavy atom. The molecule has 3 fully saturated rings. The van der Waals surface area contributed by atoms with Crippen LogP contribution in [0.2, 0.25) is 0 Å². The van der Waals surface area contributed by atoms with Gasteiger partial charge in [0.15, 0.2) is 5.78 Å². The first kappa shape index (κ1) is 22.5. The van der Waals surface area contributed by atoms with E-state index >= 15 is 0 Å². The van der Waals surface area contributed by atoms with Gasteiger partial charge in [0.2, 0.25) is 5.91 Å². The summed E-state index contributed by atoms with van der Waals surface area (Å²) in [5.41, 5.74) is -0.618. The van der Waals surface area contributed by atoms with Crippen molar-refractivity contribution >= 4 is 17.4 Å². The average molecular weight is 461 g/mol.